The van der Waals surface area contributed by atoms with E-state index >= 15 is 0 Å². The van der Waals surface area contributed by atoms with Crippen molar-refractivity contribution in [3.05, 3.63) is 47.8 Å². The van der Waals surface area contributed by atoms with E-state index in [1.54, 1.807) is 18.2 Å². The summed E-state index contributed by atoms with van der Waals surface area (Å²) in [4.78, 5) is 0. The molecule has 19 heavy (non-hydrogen) atoms. The van der Waals surface area contributed by atoms with Gasteiger partial charge >= 0.3 is 6.18 Å². The van der Waals surface area contributed by atoms with Gasteiger partial charge in [-0.25, -0.2) is 4.68 Å². The molecule has 0 amide bonds. The van der Waals surface area contributed by atoms with Crippen LogP contribution in [0.4, 0.5) is 13.2 Å². The Labute approximate surface area is 108 Å². The van der Waals surface area contributed by atoms with Gasteiger partial charge in [0.15, 0.2) is 5.69 Å². The minimum Gasteiger partial charge on any atom is -0.328 e. The Bertz CT molecular complexity index is 558. The van der Waals surface area contributed by atoms with Gasteiger partial charge in [0.25, 0.3) is 0 Å². The minimum absolute atomic E-state index is 0.00129. The fourth-order valence-corrected chi connectivity index (χ4v) is 1.82. The highest BCUT2D eigenvalue weighted by Gasteiger charge is 2.33. The first-order valence-electron chi connectivity index (χ1n) is 5.84. The van der Waals surface area contributed by atoms with Crippen LogP contribution < -0.4 is 5.73 Å². The largest absolute Gasteiger partial charge is 0.435 e. The van der Waals surface area contributed by atoms with Crippen LogP contribution in [-0.2, 0) is 12.6 Å². The smallest absolute Gasteiger partial charge is 0.328 e. The van der Waals surface area contributed by atoms with Gasteiger partial charge in [0.2, 0.25) is 0 Å². The predicted molar refractivity (Wildman–Crippen MR) is 65.9 cm³/mol. The quantitative estimate of drug-likeness (QED) is 0.931. The molecule has 0 bridgehead atoms. The van der Waals surface area contributed by atoms with Gasteiger partial charge in [0, 0.05) is 12.2 Å². The summed E-state index contributed by atoms with van der Waals surface area (Å²) in [5, 5.41) is 3.53. The lowest BCUT2D eigenvalue weighted by Crippen LogP contribution is -2.17. The number of rotatable bonds is 3. The topological polar surface area (TPSA) is 43.8 Å². The normalized spacial score (nSPS) is 13.5. The third-order valence-corrected chi connectivity index (χ3v) is 2.61. The van der Waals surface area contributed by atoms with Gasteiger partial charge in [0.05, 0.1) is 5.69 Å². The maximum absolute atomic E-state index is 12.5. The van der Waals surface area contributed by atoms with E-state index in [4.69, 9.17) is 5.73 Å². The summed E-state index contributed by atoms with van der Waals surface area (Å²) >= 11 is 0. The van der Waals surface area contributed by atoms with E-state index in [1.165, 1.54) is 10.9 Å². The van der Waals surface area contributed by atoms with E-state index in [0.29, 0.717) is 12.1 Å². The van der Waals surface area contributed by atoms with Crippen LogP contribution in [0.25, 0.3) is 5.69 Å². The molecule has 2 N–H and O–H groups in total. The predicted octanol–water partition coefficient (Wildman–Crippen LogP) is 2.78. The fourth-order valence-electron chi connectivity index (χ4n) is 1.82. The standard InChI is InChI=1S/C13H14F3N3/c1-9(17)7-10-3-2-4-11(8-10)19-6-5-12(18-19)13(14,15)16/h2-6,8-9H,7,17H2,1H3. The van der Waals surface area contributed by atoms with E-state index in [0.717, 1.165) is 11.6 Å². The summed E-state index contributed by atoms with van der Waals surface area (Å²) in [6.45, 7) is 1.88. The molecule has 0 aliphatic rings. The lowest BCUT2D eigenvalue weighted by atomic mass is 10.1. The third-order valence-electron chi connectivity index (χ3n) is 2.61. The van der Waals surface area contributed by atoms with Crippen LogP contribution in [-0.4, -0.2) is 15.8 Å². The number of alkyl halides is 3. The third kappa shape index (κ3) is 3.35. The number of nitrogens with two attached hydrogens (primary N) is 1. The summed E-state index contributed by atoms with van der Waals surface area (Å²) in [5.74, 6) is 0. The Kier molecular flexibility index (Phi) is 3.61. The molecule has 0 spiro atoms. The average molecular weight is 269 g/mol. The van der Waals surface area contributed by atoms with E-state index in [2.05, 4.69) is 5.10 Å². The summed E-state index contributed by atoms with van der Waals surface area (Å²) in [7, 11) is 0. The molecule has 0 aliphatic heterocycles. The highest BCUT2D eigenvalue weighted by atomic mass is 19.4. The van der Waals surface area contributed by atoms with Gasteiger partial charge in [-0.15, -0.1) is 0 Å². The molecule has 102 valence electrons. The van der Waals surface area contributed by atoms with Gasteiger partial charge in [-0.05, 0) is 37.1 Å². The van der Waals surface area contributed by atoms with Crippen molar-refractivity contribution in [2.45, 2.75) is 25.6 Å². The molecule has 0 saturated heterocycles. The van der Waals surface area contributed by atoms with Crippen LogP contribution >= 0.6 is 0 Å². The molecule has 1 heterocycles. The van der Waals surface area contributed by atoms with Crippen LogP contribution in [0.3, 0.4) is 0 Å². The van der Waals surface area contributed by atoms with Gasteiger partial charge in [0.1, 0.15) is 0 Å². The number of halogens is 3. The first-order valence-corrected chi connectivity index (χ1v) is 5.84. The van der Waals surface area contributed by atoms with Crippen LogP contribution in [0.15, 0.2) is 36.5 Å². The van der Waals surface area contributed by atoms with Crippen LogP contribution in [0.1, 0.15) is 18.2 Å². The SMILES string of the molecule is CC(N)Cc1cccc(-n2ccc(C(F)(F)F)n2)c1. The number of hydrogen-bond acceptors (Lipinski definition) is 2. The Hall–Kier alpha value is -1.82. The molecule has 0 aliphatic carbocycles. The maximum Gasteiger partial charge on any atom is 0.435 e. The molecule has 2 aromatic rings. The fraction of sp³-hybridized carbons (Fsp3) is 0.308. The lowest BCUT2D eigenvalue weighted by Gasteiger charge is -2.08. The van der Waals surface area contributed by atoms with Gasteiger partial charge < -0.3 is 5.73 Å². The zero-order valence-corrected chi connectivity index (χ0v) is 10.4. The number of nitrogens with zero attached hydrogens (tertiary/aromatic N) is 2. The lowest BCUT2D eigenvalue weighted by molar-refractivity contribution is -0.141. The summed E-state index contributed by atoms with van der Waals surface area (Å²) in [6.07, 6.45) is -2.45. The van der Waals surface area contributed by atoms with Crippen molar-refractivity contribution in [2.75, 3.05) is 0 Å². The number of benzene rings is 1. The second kappa shape index (κ2) is 5.05. The molecule has 0 saturated carbocycles. The Balaban J connectivity index is 2.29. The molecule has 3 nitrogen and oxygen atoms in total. The highest BCUT2D eigenvalue weighted by Crippen LogP contribution is 2.27. The Morgan fingerprint density at radius 3 is 2.63 bits per heavy atom. The summed E-state index contributed by atoms with van der Waals surface area (Å²) in [6, 6.07) is 8.12. The molecule has 1 atom stereocenters. The monoisotopic (exact) mass is 269 g/mol. The molecule has 2 rings (SSSR count). The first kappa shape index (κ1) is 13.6. The summed E-state index contributed by atoms with van der Waals surface area (Å²) in [5.41, 5.74) is 6.37. The molecule has 6 heteroatoms. The molecule has 1 aromatic heterocycles. The van der Waals surface area contributed by atoms with E-state index in [-0.39, 0.29) is 6.04 Å². The second-order valence-corrected chi connectivity index (χ2v) is 4.49. The van der Waals surface area contributed by atoms with Crippen molar-refractivity contribution in [1.29, 1.82) is 0 Å². The van der Waals surface area contributed by atoms with Crippen molar-refractivity contribution in [1.82, 2.24) is 9.78 Å². The highest BCUT2D eigenvalue weighted by molar-refractivity contribution is 5.35. The first-order chi connectivity index (χ1) is 8.86. The average Bonchev–Trinajstić information content (AvgIpc) is 2.77. The zero-order valence-electron chi connectivity index (χ0n) is 10.4. The second-order valence-electron chi connectivity index (χ2n) is 4.49. The molecule has 1 aromatic carbocycles. The Morgan fingerprint density at radius 2 is 2.05 bits per heavy atom. The number of aromatic nitrogens is 2. The zero-order chi connectivity index (χ0) is 14.0. The van der Waals surface area contributed by atoms with Crippen LogP contribution in [0, 0.1) is 0 Å². The van der Waals surface area contributed by atoms with Crippen molar-refractivity contribution in [2.24, 2.45) is 5.73 Å². The van der Waals surface area contributed by atoms with Crippen molar-refractivity contribution >= 4 is 0 Å². The molecule has 0 fully saturated rings. The van der Waals surface area contributed by atoms with Gasteiger partial charge in [-0.1, -0.05) is 12.1 Å². The van der Waals surface area contributed by atoms with Crippen molar-refractivity contribution in [3.8, 4) is 5.69 Å². The molecule has 1 unspecified atom stereocenters. The minimum atomic E-state index is -4.42. The van der Waals surface area contributed by atoms with Crippen molar-refractivity contribution < 1.29 is 13.2 Å². The van der Waals surface area contributed by atoms with Crippen molar-refractivity contribution in [3.63, 3.8) is 0 Å². The maximum atomic E-state index is 12.5. The van der Waals surface area contributed by atoms with Crippen LogP contribution in [0.2, 0.25) is 0 Å². The molecular formula is C13H14F3N3. The van der Waals surface area contributed by atoms with Gasteiger partial charge in [-0.2, -0.15) is 18.3 Å². The van der Waals surface area contributed by atoms with E-state index < -0.39 is 11.9 Å². The van der Waals surface area contributed by atoms with E-state index in [1.807, 2.05) is 13.0 Å². The molecule has 0 radical (unpaired) electrons. The molecular weight excluding hydrogens is 255 g/mol. The van der Waals surface area contributed by atoms with Gasteiger partial charge in [-0.3, -0.25) is 0 Å². The number of hydrogen-bond donors (Lipinski definition) is 1. The summed E-state index contributed by atoms with van der Waals surface area (Å²) < 4.78 is 38.6. The Morgan fingerprint density at radius 1 is 1.32 bits per heavy atom. The van der Waals surface area contributed by atoms with Crippen LogP contribution in [0.5, 0.6) is 0 Å². The van der Waals surface area contributed by atoms with E-state index in [9.17, 15) is 13.2 Å².